The first kappa shape index (κ1) is 19.1. The Hall–Kier alpha value is -3.21. The van der Waals surface area contributed by atoms with Crippen LogP contribution in [0.4, 0.5) is 4.39 Å². The van der Waals surface area contributed by atoms with Gasteiger partial charge in [0.2, 0.25) is 5.91 Å². The number of carbonyl (C=O) groups is 2. The maximum absolute atomic E-state index is 13.6. The molecule has 1 N–H and O–H groups in total. The SMILES string of the molecule is CC1c2cc(F)ccc2CCN1C(=O)CCNC(=O)c1ccc2ccccc2c1. The molecule has 0 spiro atoms. The van der Waals surface area contributed by atoms with Crippen molar-refractivity contribution in [2.45, 2.75) is 25.8 Å². The standard InChI is InChI=1S/C24H23FN2O2/c1-16-22-15-21(25)9-8-18(22)11-13-27(16)23(28)10-12-26-24(29)20-7-6-17-4-2-3-5-19(17)14-20/h2-9,14-16H,10-13H2,1H3,(H,26,29). The van der Waals surface area contributed by atoms with Gasteiger partial charge in [-0.2, -0.15) is 0 Å². The van der Waals surface area contributed by atoms with Gasteiger partial charge in [0.1, 0.15) is 5.82 Å². The van der Waals surface area contributed by atoms with Crippen LogP contribution < -0.4 is 5.32 Å². The molecule has 1 heterocycles. The van der Waals surface area contributed by atoms with E-state index in [4.69, 9.17) is 0 Å². The fourth-order valence-electron chi connectivity index (χ4n) is 3.98. The van der Waals surface area contributed by atoms with Crippen molar-refractivity contribution >= 4 is 22.6 Å². The van der Waals surface area contributed by atoms with Crippen LogP contribution in [0.15, 0.2) is 60.7 Å². The van der Waals surface area contributed by atoms with Crippen molar-refractivity contribution in [2.75, 3.05) is 13.1 Å². The van der Waals surface area contributed by atoms with Crippen molar-refractivity contribution in [3.8, 4) is 0 Å². The zero-order valence-corrected chi connectivity index (χ0v) is 16.3. The van der Waals surface area contributed by atoms with Gasteiger partial charge < -0.3 is 10.2 Å². The molecule has 1 aliphatic heterocycles. The van der Waals surface area contributed by atoms with Crippen molar-refractivity contribution in [3.05, 3.63) is 83.2 Å². The number of rotatable bonds is 4. The van der Waals surface area contributed by atoms with E-state index in [0.717, 1.165) is 28.3 Å². The smallest absolute Gasteiger partial charge is 0.251 e. The first-order valence-corrected chi connectivity index (χ1v) is 9.88. The number of halogens is 1. The van der Waals surface area contributed by atoms with E-state index >= 15 is 0 Å². The summed E-state index contributed by atoms with van der Waals surface area (Å²) in [5.74, 6) is -0.513. The topological polar surface area (TPSA) is 49.4 Å². The van der Waals surface area contributed by atoms with Gasteiger partial charge in [0.05, 0.1) is 6.04 Å². The molecule has 1 atom stereocenters. The molecule has 0 aliphatic carbocycles. The molecule has 3 aromatic carbocycles. The largest absolute Gasteiger partial charge is 0.352 e. The molecular weight excluding hydrogens is 367 g/mol. The minimum Gasteiger partial charge on any atom is -0.352 e. The van der Waals surface area contributed by atoms with Gasteiger partial charge in [-0.1, -0.05) is 36.4 Å². The average Bonchev–Trinajstić information content (AvgIpc) is 2.74. The van der Waals surface area contributed by atoms with Crippen LogP contribution in [0.25, 0.3) is 10.8 Å². The molecule has 1 unspecified atom stereocenters. The molecule has 148 valence electrons. The zero-order chi connectivity index (χ0) is 20.4. The molecule has 1 aliphatic rings. The summed E-state index contributed by atoms with van der Waals surface area (Å²) in [6.45, 7) is 2.80. The van der Waals surface area contributed by atoms with E-state index in [2.05, 4.69) is 5.32 Å². The molecule has 0 aromatic heterocycles. The van der Waals surface area contributed by atoms with Gasteiger partial charge in [0, 0.05) is 25.1 Å². The molecule has 0 radical (unpaired) electrons. The second-order valence-corrected chi connectivity index (χ2v) is 7.42. The average molecular weight is 390 g/mol. The first-order chi connectivity index (χ1) is 14.0. The monoisotopic (exact) mass is 390 g/mol. The van der Waals surface area contributed by atoms with Crippen LogP contribution in [-0.4, -0.2) is 29.8 Å². The van der Waals surface area contributed by atoms with E-state index in [1.165, 1.54) is 12.1 Å². The van der Waals surface area contributed by atoms with Gasteiger partial charge >= 0.3 is 0 Å². The number of nitrogens with one attached hydrogen (secondary N) is 1. The minimum absolute atomic E-state index is 0.0359. The second-order valence-electron chi connectivity index (χ2n) is 7.42. The number of carbonyl (C=O) groups excluding carboxylic acids is 2. The van der Waals surface area contributed by atoms with Crippen molar-refractivity contribution in [2.24, 2.45) is 0 Å². The highest BCUT2D eigenvalue weighted by molar-refractivity contribution is 5.98. The van der Waals surface area contributed by atoms with Crippen LogP contribution in [0, 0.1) is 5.82 Å². The van der Waals surface area contributed by atoms with E-state index in [-0.39, 0.29) is 36.6 Å². The normalized spacial score (nSPS) is 15.8. The lowest BCUT2D eigenvalue weighted by atomic mass is 9.93. The number of hydrogen-bond donors (Lipinski definition) is 1. The summed E-state index contributed by atoms with van der Waals surface area (Å²) in [4.78, 5) is 26.9. The zero-order valence-electron chi connectivity index (χ0n) is 16.3. The van der Waals surface area contributed by atoms with Crippen molar-refractivity contribution in [1.29, 1.82) is 0 Å². The van der Waals surface area contributed by atoms with Gasteiger partial charge in [0.25, 0.3) is 5.91 Å². The summed E-state index contributed by atoms with van der Waals surface area (Å²) in [5, 5.41) is 4.91. The Labute approximate surface area is 169 Å². The van der Waals surface area contributed by atoms with E-state index in [1.54, 1.807) is 17.0 Å². The molecule has 4 rings (SSSR count). The molecule has 4 nitrogen and oxygen atoms in total. The highest BCUT2D eigenvalue weighted by atomic mass is 19.1. The van der Waals surface area contributed by atoms with Gasteiger partial charge in [0.15, 0.2) is 0 Å². The lowest BCUT2D eigenvalue weighted by molar-refractivity contribution is -0.133. The van der Waals surface area contributed by atoms with Gasteiger partial charge in [-0.3, -0.25) is 9.59 Å². The maximum atomic E-state index is 13.6. The Balaban J connectivity index is 1.35. The Morgan fingerprint density at radius 1 is 1.07 bits per heavy atom. The molecule has 0 bridgehead atoms. The van der Waals surface area contributed by atoms with E-state index in [0.29, 0.717) is 12.1 Å². The summed E-state index contributed by atoms with van der Waals surface area (Å²) in [7, 11) is 0. The molecular formula is C24H23FN2O2. The first-order valence-electron chi connectivity index (χ1n) is 9.88. The maximum Gasteiger partial charge on any atom is 0.251 e. The Kier molecular flexibility index (Phi) is 5.30. The minimum atomic E-state index is -0.285. The van der Waals surface area contributed by atoms with Crippen LogP contribution in [0.3, 0.4) is 0 Å². The van der Waals surface area contributed by atoms with Crippen LogP contribution in [0.2, 0.25) is 0 Å². The van der Waals surface area contributed by atoms with Crippen LogP contribution in [0.1, 0.15) is 40.9 Å². The van der Waals surface area contributed by atoms with Crippen molar-refractivity contribution in [1.82, 2.24) is 10.2 Å². The molecule has 5 heteroatoms. The second kappa shape index (κ2) is 8.03. The molecule has 0 fully saturated rings. The molecule has 3 aromatic rings. The van der Waals surface area contributed by atoms with Gasteiger partial charge in [-0.25, -0.2) is 4.39 Å². The fourth-order valence-corrected chi connectivity index (χ4v) is 3.98. The summed E-state index contributed by atoms with van der Waals surface area (Å²) >= 11 is 0. The summed E-state index contributed by atoms with van der Waals surface area (Å²) in [6, 6.07) is 18.0. The molecule has 29 heavy (non-hydrogen) atoms. The number of fused-ring (bicyclic) bond motifs is 2. The Bertz CT molecular complexity index is 1080. The summed E-state index contributed by atoms with van der Waals surface area (Å²) < 4.78 is 13.6. The summed E-state index contributed by atoms with van der Waals surface area (Å²) in [5.41, 5.74) is 2.53. The molecule has 0 saturated carbocycles. The lowest BCUT2D eigenvalue weighted by Crippen LogP contribution is -2.40. The van der Waals surface area contributed by atoms with Gasteiger partial charge in [-0.05, 0) is 59.5 Å². The van der Waals surface area contributed by atoms with E-state index in [9.17, 15) is 14.0 Å². The Morgan fingerprint density at radius 3 is 2.69 bits per heavy atom. The third kappa shape index (κ3) is 3.99. The quantitative estimate of drug-likeness (QED) is 0.724. The van der Waals surface area contributed by atoms with Crippen LogP contribution in [0.5, 0.6) is 0 Å². The third-order valence-electron chi connectivity index (χ3n) is 5.60. The van der Waals surface area contributed by atoms with Crippen LogP contribution >= 0.6 is 0 Å². The molecule has 2 amide bonds. The highest BCUT2D eigenvalue weighted by Crippen LogP contribution is 2.30. The number of hydrogen-bond acceptors (Lipinski definition) is 2. The van der Waals surface area contributed by atoms with Crippen molar-refractivity contribution in [3.63, 3.8) is 0 Å². The van der Waals surface area contributed by atoms with Crippen molar-refractivity contribution < 1.29 is 14.0 Å². The predicted molar refractivity (Wildman–Crippen MR) is 111 cm³/mol. The third-order valence-corrected chi connectivity index (χ3v) is 5.60. The highest BCUT2D eigenvalue weighted by Gasteiger charge is 2.27. The number of nitrogens with zero attached hydrogens (tertiary/aromatic N) is 1. The fraction of sp³-hybridized carbons (Fsp3) is 0.250. The number of amides is 2. The van der Waals surface area contributed by atoms with E-state index < -0.39 is 0 Å². The van der Waals surface area contributed by atoms with Gasteiger partial charge in [-0.15, -0.1) is 0 Å². The number of benzene rings is 3. The van der Waals surface area contributed by atoms with E-state index in [1.807, 2.05) is 43.3 Å². The van der Waals surface area contributed by atoms with Crippen LogP contribution in [-0.2, 0) is 11.2 Å². The summed E-state index contributed by atoms with van der Waals surface area (Å²) in [6.07, 6.45) is 0.934. The Morgan fingerprint density at radius 2 is 1.86 bits per heavy atom. The lowest BCUT2D eigenvalue weighted by Gasteiger charge is -2.35. The molecule has 0 saturated heterocycles. The predicted octanol–water partition coefficient (Wildman–Crippen LogP) is 4.24.